The third-order valence-electron chi connectivity index (χ3n) is 2.33. The molecular weight excluding hydrogens is 282 g/mol. The number of hydrogen-bond donors (Lipinski definition) is 1. The number of nitrogens with two attached hydrogens (primary N) is 1. The van der Waals surface area contributed by atoms with Crippen molar-refractivity contribution in [3.63, 3.8) is 0 Å². The van der Waals surface area contributed by atoms with Gasteiger partial charge in [-0.25, -0.2) is 0 Å². The van der Waals surface area contributed by atoms with Crippen LogP contribution in [0.2, 0.25) is 0 Å². The Labute approximate surface area is 109 Å². The summed E-state index contributed by atoms with van der Waals surface area (Å²) < 4.78 is 6.58. The molecule has 0 fully saturated rings. The number of halogens is 1. The average Bonchev–Trinajstić information content (AvgIpc) is 2.75. The zero-order chi connectivity index (χ0) is 12.3. The van der Waals surface area contributed by atoms with E-state index in [2.05, 4.69) is 45.3 Å². The summed E-state index contributed by atoms with van der Waals surface area (Å²) in [6.45, 7) is 4.98. The van der Waals surface area contributed by atoms with Gasteiger partial charge in [-0.15, -0.1) is 10.2 Å². The second kappa shape index (κ2) is 5.42. The van der Waals surface area contributed by atoms with Crippen LogP contribution in [0.3, 0.4) is 0 Å². The number of rotatable bonds is 4. The fourth-order valence-electron chi connectivity index (χ4n) is 1.42. The molecule has 0 bridgehead atoms. The molecule has 90 valence electrons. The van der Waals surface area contributed by atoms with Gasteiger partial charge in [0.25, 0.3) is 5.89 Å². The Morgan fingerprint density at radius 2 is 2.06 bits per heavy atom. The minimum absolute atomic E-state index is 0.522. The van der Waals surface area contributed by atoms with Crippen molar-refractivity contribution in [2.75, 3.05) is 0 Å². The molecule has 2 rings (SSSR count). The Bertz CT molecular complexity index is 496. The molecule has 1 aromatic carbocycles. The normalized spacial score (nSPS) is 11.1. The molecule has 0 aliphatic heterocycles. The van der Waals surface area contributed by atoms with Crippen LogP contribution in [0.4, 0.5) is 0 Å². The lowest BCUT2D eigenvalue weighted by Gasteiger charge is -2.00. The average molecular weight is 297 g/mol. The summed E-state index contributed by atoms with van der Waals surface area (Å²) in [6, 6.07) is 8.34. The van der Waals surface area contributed by atoms with Crippen LogP contribution in [0, 0.1) is 0 Å². The van der Waals surface area contributed by atoms with Gasteiger partial charge in [0.1, 0.15) is 0 Å². The molecule has 0 saturated heterocycles. The Morgan fingerprint density at radius 3 is 2.76 bits per heavy atom. The van der Waals surface area contributed by atoms with E-state index >= 15 is 0 Å². The summed E-state index contributed by atoms with van der Waals surface area (Å²) in [5.41, 5.74) is 0.927. The minimum atomic E-state index is 0.522. The van der Waals surface area contributed by atoms with Crippen molar-refractivity contribution in [1.29, 1.82) is 0 Å². The molecule has 2 aromatic rings. The lowest BCUT2D eigenvalue weighted by molar-refractivity contribution is -0.700. The molecule has 17 heavy (non-hydrogen) atoms. The first-order chi connectivity index (χ1) is 8.16. The predicted molar refractivity (Wildman–Crippen MR) is 68.2 cm³/mol. The number of hydrogen-bond acceptors (Lipinski definition) is 3. The van der Waals surface area contributed by atoms with Crippen molar-refractivity contribution in [2.45, 2.75) is 26.4 Å². The third-order valence-corrected chi connectivity index (χ3v) is 3.03. The lowest BCUT2D eigenvalue weighted by atomic mass is 10.2. The Hall–Kier alpha value is -1.20. The molecule has 1 heterocycles. The summed E-state index contributed by atoms with van der Waals surface area (Å²) in [6.07, 6.45) is 0. The number of nitrogens with zero attached hydrogens (tertiary/aromatic N) is 2. The molecule has 0 radical (unpaired) electrons. The van der Waals surface area contributed by atoms with E-state index in [0.717, 1.165) is 16.6 Å². The smallest absolute Gasteiger partial charge is 0.271 e. The van der Waals surface area contributed by atoms with Crippen LogP contribution in [-0.2, 0) is 6.54 Å². The Kier molecular flexibility index (Phi) is 3.91. The second-order valence-corrected chi connectivity index (χ2v) is 5.02. The summed E-state index contributed by atoms with van der Waals surface area (Å²) in [5.74, 6) is 1.22. The molecule has 0 unspecified atom stereocenters. The summed E-state index contributed by atoms with van der Waals surface area (Å²) in [7, 11) is 0. The van der Waals surface area contributed by atoms with Crippen molar-refractivity contribution in [3.8, 4) is 11.5 Å². The van der Waals surface area contributed by atoms with E-state index in [4.69, 9.17) is 4.42 Å². The highest BCUT2D eigenvalue weighted by molar-refractivity contribution is 9.10. The van der Waals surface area contributed by atoms with Gasteiger partial charge >= 0.3 is 0 Å². The summed E-state index contributed by atoms with van der Waals surface area (Å²) >= 11 is 3.47. The monoisotopic (exact) mass is 296 g/mol. The number of quaternary nitrogens is 1. The van der Waals surface area contributed by atoms with Gasteiger partial charge in [-0.05, 0) is 41.9 Å². The van der Waals surface area contributed by atoms with Crippen LogP contribution in [-0.4, -0.2) is 16.2 Å². The van der Waals surface area contributed by atoms with E-state index in [1.807, 2.05) is 24.3 Å². The molecule has 0 saturated carbocycles. The fourth-order valence-corrected chi connectivity index (χ4v) is 1.87. The summed E-state index contributed by atoms with van der Waals surface area (Å²) in [5, 5.41) is 10.2. The number of benzene rings is 1. The first-order valence-corrected chi connectivity index (χ1v) is 6.36. The third kappa shape index (κ3) is 3.14. The van der Waals surface area contributed by atoms with Gasteiger partial charge in [-0.2, -0.15) is 0 Å². The van der Waals surface area contributed by atoms with Crippen LogP contribution in [0.5, 0.6) is 0 Å². The van der Waals surface area contributed by atoms with Crippen molar-refractivity contribution in [3.05, 3.63) is 34.6 Å². The fraction of sp³-hybridized carbons (Fsp3) is 0.333. The summed E-state index contributed by atoms with van der Waals surface area (Å²) in [4.78, 5) is 0. The van der Waals surface area contributed by atoms with Crippen LogP contribution in [0.25, 0.3) is 11.5 Å². The Balaban J connectivity index is 2.16. The largest absolute Gasteiger partial charge is 0.415 e. The zero-order valence-electron chi connectivity index (χ0n) is 9.85. The van der Waals surface area contributed by atoms with Crippen LogP contribution >= 0.6 is 15.9 Å². The van der Waals surface area contributed by atoms with Gasteiger partial charge in [-0.3, -0.25) is 0 Å². The molecule has 1 aromatic heterocycles. The molecular formula is C12H15BrN3O+. The maximum Gasteiger partial charge on any atom is 0.271 e. The highest BCUT2D eigenvalue weighted by Crippen LogP contribution is 2.26. The Morgan fingerprint density at radius 1 is 1.29 bits per heavy atom. The van der Waals surface area contributed by atoms with Crippen LogP contribution in [0.15, 0.2) is 33.2 Å². The van der Waals surface area contributed by atoms with Gasteiger partial charge in [0.15, 0.2) is 6.54 Å². The van der Waals surface area contributed by atoms with Gasteiger partial charge < -0.3 is 9.73 Å². The lowest BCUT2D eigenvalue weighted by Crippen LogP contribution is -2.87. The molecule has 5 heteroatoms. The quantitative estimate of drug-likeness (QED) is 0.938. The van der Waals surface area contributed by atoms with Crippen molar-refractivity contribution in [1.82, 2.24) is 10.2 Å². The molecule has 0 spiro atoms. The van der Waals surface area contributed by atoms with Crippen LogP contribution < -0.4 is 5.32 Å². The van der Waals surface area contributed by atoms with Crippen LogP contribution in [0.1, 0.15) is 19.7 Å². The van der Waals surface area contributed by atoms with Crippen molar-refractivity contribution >= 4 is 15.9 Å². The highest BCUT2D eigenvalue weighted by Gasteiger charge is 2.12. The molecule has 0 amide bonds. The van der Waals surface area contributed by atoms with E-state index in [1.165, 1.54) is 0 Å². The molecule has 2 N–H and O–H groups in total. The van der Waals surface area contributed by atoms with E-state index in [-0.39, 0.29) is 0 Å². The maximum atomic E-state index is 5.62. The standard InChI is InChI=1S/C12H14BrN3O/c1-8(2)14-7-11-15-16-12(17-11)9-5-3-4-6-10(9)13/h3-6,8,14H,7H2,1-2H3/p+1. The minimum Gasteiger partial charge on any atom is -0.415 e. The highest BCUT2D eigenvalue weighted by atomic mass is 79.9. The van der Waals surface area contributed by atoms with E-state index in [1.54, 1.807) is 0 Å². The maximum absolute atomic E-state index is 5.62. The zero-order valence-corrected chi connectivity index (χ0v) is 11.4. The van der Waals surface area contributed by atoms with Crippen molar-refractivity contribution in [2.24, 2.45) is 0 Å². The van der Waals surface area contributed by atoms with E-state index < -0.39 is 0 Å². The topological polar surface area (TPSA) is 55.5 Å². The van der Waals surface area contributed by atoms with E-state index in [9.17, 15) is 0 Å². The SMILES string of the molecule is CC(C)[NH2+]Cc1nnc(-c2ccccc2Br)o1. The predicted octanol–water partition coefficient (Wildman–Crippen LogP) is 1.97. The first-order valence-electron chi connectivity index (χ1n) is 5.57. The van der Waals surface area contributed by atoms with Gasteiger partial charge in [0.2, 0.25) is 5.89 Å². The van der Waals surface area contributed by atoms with Gasteiger partial charge in [-0.1, -0.05) is 12.1 Å². The van der Waals surface area contributed by atoms with E-state index in [0.29, 0.717) is 17.8 Å². The molecule has 0 atom stereocenters. The number of aromatic nitrogens is 2. The second-order valence-electron chi connectivity index (χ2n) is 4.16. The van der Waals surface area contributed by atoms with Gasteiger partial charge in [0.05, 0.1) is 11.6 Å². The molecule has 4 nitrogen and oxygen atoms in total. The van der Waals surface area contributed by atoms with Crippen molar-refractivity contribution < 1.29 is 9.73 Å². The first kappa shape index (κ1) is 12.3. The molecule has 0 aliphatic rings. The molecule has 0 aliphatic carbocycles. The van der Waals surface area contributed by atoms with Gasteiger partial charge in [0, 0.05) is 4.47 Å².